The van der Waals surface area contributed by atoms with E-state index in [0.717, 1.165) is 30.5 Å². The highest BCUT2D eigenvalue weighted by Crippen LogP contribution is 2.31. The van der Waals surface area contributed by atoms with Crippen LogP contribution in [0, 0.1) is 0 Å². The van der Waals surface area contributed by atoms with Gasteiger partial charge in [0.15, 0.2) is 0 Å². The number of nitrogen functional groups attached to an aromatic ring is 1. The first kappa shape index (κ1) is 12.2. The summed E-state index contributed by atoms with van der Waals surface area (Å²) in [5, 5.41) is 3.27. The van der Waals surface area contributed by atoms with Crippen LogP contribution in [0.15, 0.2) is 18.2 Å². The molecule has 0 heterocycles. The van der Waals surface area contributed by atoms with Crippen LogP contribution in [0.2, 0.25) is 0 Å². The van der Waals surface area contributed by atoms with Gasteiger partial charge in [0, 0.05) is 18.3 Å². The summed E-state index contributed by atoms with van der Waals surface area (Å²) < 4.78 is 37.2. The van der Waals surface area contributed by atoms with Gasteiger partial charge in [-0.25, -0.2) is 0 Å². The van der Waals surface area contributed by atoms with Crippen molar-refractivity contribution in [3.05, 3.63) is 29.3 Å². The quantitative estimate of drug-likeness (QED) is 0.802. The van der Waals surface area contributed by atoms with E-state index in [1.165, 1.54) is 12.5 Å². The van der Waals surface area contributed by atoms with Crippen LogP contribution in [0.25, 0.3) is 0 Å². The molecule has 1 aromatic carbocycles. The topological polar surface area (TPSA) is 38.0 Å². The molecule has 0 spiro atoms. The molecule has 0 aromatic heterocycles. The van der Waals surface area contributed by atoms with E-state index in [2.05, 4.69) is 5.32 Å². The Labute approximate surface area is 98.0 Å². The molecule has 5 heteroatoms. The number of nitrogens with one attached hydrogen (secondary N) is 1. The zero-order valence-corrected chi connectivity index (χ0v) is 9.35. The zero-order chi connectivity index (χ0) is 12.5. The second-order valence-electron chi connectivity index (χ2n) is 4.42. The number of rotatable bonds is 3. The van der Waals surface area contributed by atoms with Gasteiger partial charge in [-0.15, -0.1) is 0 Å². The van der Waals surface area contributed by atoms with Crippen LogP contribution in [0.3, 0.4) is 0 Å². The van der Waals surface area contributed by atoms with E-state index in [9.17, 15) is 13.2 Å². The van der Waals surface area contributed by atoms with E-state index in [0.29, 0.717) is 12.6 Å². The maximum Gasteiger partial charge on any atom is 0.416 e. The minimum Gasteiger partial charge on any atom is -0.398 e. The lowest BCUT2D eigenvalue weighted by Crippen LogP contribution is -2.34. The number of anilines is 1. The van der Waals surface area contributed by atoms with E-state index in [1.807, 2.05) is 0 Å². The Morgan fingerprint density at radius 1 is 1.29 bits per heavy atom. The van der Waals surface area contributed by atoms with Gasteiger partial charge in [-0.2, -0.15) is 13.2 Å². The van der Waals surface area contributed by atoms with Crippen molar-refractivity contribution in [2.75, 3.05) is 5.73 Å². The lowest BCUT2D eigenvalue weighted by molar-refractivity contribution is -0.137. The highest BCUT2D eigenvalue weighted by molar-refractivity contribution is 5.49. The number of halogens is 3. The maximum atomic E-state index is 12.4. The van der Waals surface area contributed by atoms with Gasteiger partial charge in [-0.1, -0.05) is 12.5 Å². The summed E-state index contributed by atoms with van der Waals surface area (Å²) >= 11 is 0. The van der Waals surface area contributed by atoms with Gasteiger partial charge in [-0.05, 0) is 30.5 Å². The lowest BCUT2D eigenvalue weighted by atomic mass is 9.93. The minimum atomic E-state index is -4.33. The van der Waals surface area contributed by atoms with Crippen molar-refractivity contribution in [2.45, 2.75) is 38.0 Å². The standard InChI is InChI=1S/C12H15F3N2/c13-12(14,15)9-5-4-8(11(16)6-9)7-17-10-2-1-3-10/h4-6,10,17H,1-3,7,16H2. The molecule has 0 bridgehead atoms. The number of alkyl halides is 3. The molecule has 3 N–H and O–H groups in total. The van der Waals surface area contributed by atoms with E-state index < -0.39 is 11.7 Å². The van der Waals surface area contributed by atoms with Crippen LogP contribution in [-0.4, -0.2) is 6.04 Å². The monoisotopic (exact) mass is 244 g/mol. The molecule has 1 fully saturated rings. The van der Waals surface area contributed by atoms with Gasteiger partial charge >= 0.3 is 6.18 Å². The molecule has 1 aromatic rings. The Bertz CT molecular complexity index is 397. The first-order valence-corrected chi connectivity index (χ1v) is 5.66. The average molecular weight is 244 g/mol. The molecule has 1 aliphatic rings. The lowest BCUT2D eigenvalue weighted by Gasteiger charge is -2.26. The van der Waals surface area contributed by atoms with Crippen molar-refractivity contribution in [3.8, 4) is 0 Å². The molecule has 0 amide bonds. The fourth-order valence-electron chi connectivity index (χ4n) is 1.80. The SMILES string of the molecule is Nc1cc(C(F)(F)F)ccc1CNC1CCC1. The summed E-state index contributed by atoms with van der Waals surface area (Å²) in [6.07, 6.45) is -0.824. The summed E-state index contributed by atoms with van der Waals surface area (Å²) in [4.78, 5) is 0. The molecule has 0 unspecified atom stereocenters. The molecular weight excluding hydrogens is 229 g/mol. The number of benzene rings is 1. The van der Waals surface area contributed by atoms with E-state index in [-0.39, 0.29) is 5.69 Å². The van der Waals surface area contributed by atoms with E-state index in [1.54, 1.807) is 0 Å². The van der Waals surface area contributed by atoms with Crippen LogP contribution < -0.4 is 11.1 Å². The molecule has 0 atom stereocenters. The van der Waals surface area contributed by atoms with Crippen molar-refractivity contribution in [2.24, 2.45) is 0 Å². The Morgan fingerprint density at radius 3 is 2.47 bits per heavy atom. The first-order chi connectivity index (χ1) is 7.97. The Hall–Kier alpha value is -1.23. The summed E-state index contributed by atoms with van der Waals surface area (Å²) in [6.45, 7) is 0.536. The van der Waals surface area contributed by atoms with Crippen LogP contribution in [0.4, 0.5) is 18.9 Å². The third kappa shape index (κ3) is 2.91. The summed E-state index contributed by atoms with van der Waals surface area (Å²) in [6, 6.07) is 4.02. The van der Waals surface area contributed by atoms with Crippen molar-refractivity contribution >= 4 is 5.69 Å². The summed E-state index contributed by atoms with van der Waals surface area (Å²) in [5.74, 6) is 0. The van der Waals surface area contributed by atoms with E-state index >= 15 is 0 Å². The Morgan fingerprint density at radius 2 is 2.00 bits per heavy atom. The summed E-state index contributed by atoms with van der Waals surface area (Å²) in [7, 11) is 0. The number of hydrogen-bond donors (Lipinski definition) is 2. The largest absolute Gasteiger partial charge is 0.416 e. The van der Waals surface area contributed by atoms with E-state index in [4.69, 9.17) is 5.73 Å². The number of nitrogens with two attached hydrogens (primary N) is 1. The van der Waals surface area contributed by atoms with Crippen molar-refractivity contribution in [3.63, 3.8) is 0 Å². The normalized spacial score (nSPS) is 16.9. The van der Waals surface area contributed by atoms with Crippen molar-refractivity contribution in [1.82, 2.24) is 5.32 Å². The van der Waals surface area contributed by atoms with Crippen LogP contribution in [-0.2, 0) is 12.7 Å². The molecule has 1 aliphatic carbocycles. The van der Waals surface area contributed by atoms with Gasteiger partial charge in [-0.3, -0.25) is 0 Å². The highest BCUT2D eigenvalue weighted by Gasteiger charge is 2.30. The van der Waals surface area contributed by atoms with Gasteiger partial charge < -0.3 is 11.1 Å². The zero-order valence-electron chi connectivity index (χ0n) is 9.35. The molecule has 0 saturated heterocycles. The highest BCUT2D eigenvalue weighted by atomic mass is 19.4. The predicted octanol–water partition coefficient (Wildman–Crippen LogP) is 2.93. The molecule has 17 heavy (non-hydrogen) atoms. The number of hydrogen-bond acceptors (Lipinski definition) is 2. The molecule has 0 aliphatic heterocycles. The van der Waals surface area contributed by atoms with Crippen molar-refractivity contribution in [1.29, 1.82) is 0 Å². The van der Waals surface area contributed by atoms with Crippen LogP contribution >= 0.6 is 0 Å². The maximum absolute atomic E-state index is 12.4. The molecule has 2 nitrogen and oxygen atoms in total. The molecule has 2 rings (SSSR count). The third-order valence-electron chi connectivity index (χ3n) is 3.16. The fourth-order valence-corrected chi connectivity index (χ4v) is 1.80. The van der Waals surface area contributed by atoms with Crippen LogP contribution in [0.5, 0.6) is 0 Å². The van der Waals surface area contributed by atoms with Gasteiger partial charge in [0.1, 0.15) is 0 Å². The smallest absolute Gasteiger partial charge is 0.398 e. The molecular formula is C12H15F3N2. The van der Waals surface area contributed by atoms with Crippen molar-refractivity contribution < 1.29 is 13.2 Å². The third-order valence-corrected chi connectivity index (χ3v) is 3.16. The van der Waals surface area contributed by atoms with Gasteiger partial charge in [0.05, 0.1) is 5.56 Å². The molecule has 0 radical (unpaired) electrons. The first-order valence-electron chi connectivity index (χ1n) is 5.66. The van der Waals surface area contributed by atoms with Gasteiger partial charge in [0.25, 0.3) is 0 Å². The summed E-state index contributed by atoms with van der Waals surface area (Å²) in [5.41, 5.74) is 5.86. The molecule has 1 saturated carbocycles. The Balaban J connectivity index is 2.03. The van der Waals surface area contributed by atoms with Gasteiger partial charge in [0.2, 0.25) is 0 Å². The fraction of sp³-hybridized carbons (Fsp3) is 0.500. The predicted molar refractivity (Wildman–Crippen MR) is 60.3 cm³/mol. The second-order valence-corrected chi connectivity index (χ2v) is 4.42. The van der Waals surface area contributed by atoms with Crippen LogP contribution in [0.1, 0.15) is 30.4 Å². The minimum absolute atomic E-state index is 0.201. The second kappa shape index (κ2) is 4.56. The molecule has 94 valence electrons. The Kier molecular flexibility index (Phi) is 3.28. The average Bonchev–Trinajstić information content (AvgIpc) is 2.16.